The van der Waals surface area contributed by atoms with Gasteiger partial charge in [0.2, 0.25) is 0 Å². The molecule has 0 aliphatic heterocycles. The molecule has 0 aliphatic rings. The number of benzene rings is 2. The Kier molecular flexibility index (Phi) is 3.37. The molecule has 1 heterocycles. The SMILES string of the molecule is Cc1nc2ccccc2n1CCNc1cccc(F)c1. The molecule has 102 valence electrons. The molecule has 1 N–H and O–H groups in total. The van der Waals surface area contributed by atoms with Crippen molar-refractivity contribution in [2.75, 3.05) is 11.9 Å². The highest BCUT2D eigenvalue weighted by atomic mass is 19.1. The summed E-state index contributed by atoms with van der Waals surface area (Å²) in [5, 5.41) is 3.23. The van der Waals surface area contributed by atoms with E-state index in [1.165, 1.54) is 12.1 Å². The van der Waals surface area contributed by atoms with E-state index in [1.54, 1.807) is 6.07 Å². The number of nitrogens with zero attached hydrogens (tertiary/aromatic N) is 2. The van der Waals surface area contributed by atoms with E-state index in [1.807, 2.05) is 31.2 Å². The van der Waals surface area contributed by atoms with Crippen molar-refractivity contribution in [2.24, 2.45) is 0 Å². The average Bonchev–Trinajstić information content (AvgIpc) is 2.75. The maximum Gasteiger partial charge on any atom is 0.125 e. The molecular weight excluding hydrogens is 253 g/mol. The molecule has 0 atom stereocenters. The first-order valence-electron chi connectivity index (χ1n) is 6.65. The average molecular weight is 269 g/mol. The van der Waals surface area contributed by atoms with Gasteiger partial charge in [0.25, 0.3) is 0 Å². The highest BCUT2D eigenvalue weighted by Gasteiger charge is 2.05. The fourth-order valence-corrected chi connectivity index (χ4v) is 2.39. The number of aromatic nitrogens is 2. The van der Waals surface area contributed by atoms with Crippen LogP contribution in [0.25, 0.3) is 11.0 Å². The molecule has 0 spiro atoms. The minimum Gasteiger partial charge on any atom is -0.383 e. The molecule has 3 rings (SSSR count). The van der Waals surface area contributed by atoms with Crippen molar-refractivity contribution >= 4 is 16.7 Å². The lowest BCUT2D eigenvalue weighted by Crippen LogP contribution is -2.11. The number of hydrogen-bond donors (Lipinski definition) is 1. The van der Waals surface area contributed by atoms with Gasteiger partial charge in [-0.25, -0.2) is 9.37 Å². The van der Waals surface area contributed by atoms with Crippen molar-refractivity contribution in [1.29, 1.82) is 0 Å². The first-order valence-corrected chi connectivity index (χ1v) is 6.65. The van der Waals surface area contributed by atoms with Crippen LogP contribution in [0.15, 0.2) is 48.5 Å². The number of para-hydroxylation sites is 2. The summed E-state index contributed by atoms with van der Waals surface area (Å²) in [5.74, 6) is 0.770. The molecule has 2 aromatic carbocycles. The fourth-order valence-electron chi connectivity index (χ4n) is 2.39. The molecule has 0 bridgehead atoms. The largest absolute Gasteiger partial charge is 0.383 e. The summed E-state index contributed by atoms with van der Waals surface area (Å²) in [6, 6.07) is 14.6. The summed E-state index contributed by atoms with van der Waals surface area (Å²) >= 11 is 0. The van der Waals surface area contributed by atoms with Gasteiger partial charge in [-0.05, 0) is 37.3 Å². The van der Waals surface area contributed by atoms with Crippen LogP contribution in [-0.4, -0.2) is 16.1 Å². The van der Waals surface area contributed by atoms with E-state index in [0.717, 1.165) is 35.6 Å². The van der Waals surface area contributed by atoms with Gasteiger partial charge >= 0.3 is 0 Å². The molecule has 0 unspecified atom stereocenters. The van der Waals surface area contributed by atoms with Crippen LogP contribution >= 0.6 is 0 Å². The lowest BCUT2D eigenvalue weighted by atomic mass is 10.3. The van der Waals surface area contributed by atoms with Crippen molar-refractivity contribution in [3.63, 3.8) is 0 Å². The summed E-state index contributed by atoms with van der Waals surface area (Å²) < 4.78 is 15.3. The number of nitrogens with one attached hydrogen (secondary N) is 1. The van der Waals surface area contributed by atoms with Crippen LogP contribution < -0.4 is 5.32 Å². The Morgan fingerprint density at radius 2 is 2.00 bits per heavy atom. The Bertz CT molecular complexity index is 733. The zero-order valence-corrected chi connectivity index (χ0v) is 11.3. The summed E-state index contributed by atoms with van der Waals surface area (Å²) in [6.07, 6.45) is 0. The first-order chi connectivity index (χ1) is 9.74. The van der Waals surface area contributed by atoms with E-state index in [4.69, 9.17) is 0 Å². The Labute approximate surface area is 117 Å². The minimum absolute atomic E-state index is 0.223. The second-order valence-corrected chi connectivity index (χ2v) is 4.74. The quantitative estimate of drug-likeness (QED) is 0.784. The molecule has 0 aliphatic carbocycles. The fraction of sp³-hybridized carbons (Fsp3) is 0.188. The zero-order chi connectivity index (χ0) is 13.9. The zero-order valence-electron chi connectivity index (χ0n) is 11.3. The van der Waals surface area contributed by atoms with E-state index in [9.17, 15) is 4.39 Å². The predicted molar refractivity (Wildman–Crippen MR) is 79.4 cm³/mol. The van der Waals surface area contributed by atoms with E-state index >= 15 is 0 Å². The van der Waals surface area contributed by atoms with Crippen LogP contribution in [0.2, 0.25) is 0 Å². The van der Waals surface area contributed by atoms with Crippen LogP contribution in [0, 0.1) is 12.7 Å². The van der Waals surface area contributed by atoms with Gasteiger partial charge in [0, 0.05) is 18.8 Å². The molecule has 3 aromatic rings. The monoisotopic (exact) mass is 269 g/mol. The highest BCUT2D eigenvalue weighted by molar-refractivity contribution is 5.75. The molecular formula is C16H16FN3. The molecule has 0 saturated heterocycles. The molecule has 0 radical (unpaired) electrons. The number of rotatable bonds is 4. The van der Waals surface area contributed by atoms with Gasteiger partial charge in [-0.3, -0.25) is 0 Å². The van der Waals surface area contributed by atoms with Gasteiger partial charge in [-0.15, -0.1) is 0 Å². The lowest BCUT2D eigenvalue weighted by molar-refractivity contribution is 0.628. The second kappa shape index (κ2) is 5.33. The van der Waals surface area contributed by atoms with Crippen molar-refractivity contribution in [1.82, 2.24) is 9.55 Å². The molecule has 4 heteroatoms. The molecule has 0 fully saturated rings. The number of fused-ring (bicyclic) bond motifs is 1. The number of aryl methyl sites for hydroxylation is 1. The van der Waals surface area contributed by atoms with Crippen molar-refractivity contribution < 1.29 is 4.39 Å². The van der Waals surface area contributed by atoms with Gasteiger partial charge in [0.15, 0.2) is 0 Å². The summed E-state index contributed by atoms with van der Waals surface area (Å²) in [5.41, 5.74) is 2.94. The van der Waals surface area contributed by atoms with Gasteiger partial charge in [-0.2, -0.15) is 0 Å². The Morgan fingerprint density at radius 1 is 1.15 bits per heavy atom. The topological polar surface area (TPSA) is 29.9 Å². The molecule has 0 amide bonds. The van der Waals surface area contributed by atoms with Crippen LogP contribution in [0.5, 0.6) is 0 Å². The van der Waals surface area contributed by atoms with Gasteiger partial charge in [0.1, 0.15) is 11.6 Å². The maximum atomic E-state index is 13.1. The van der Waals surface area contributed by atoms with E-state index in [0.29, 0.717) is 0 Å². The summed E-state index contributed by atoms with van der Waals surface area (Å²) in [7, 11) is 0. The standard InChI is InChI=1S/C16H16FN3/c1-12-19-15-7-2-3-8-16(15)20(12)10-9-18-14-6-4-5-13(17)11-14/h2-8,11,18H,9-10H2,1H3. The Balaban J connectivity index is 1.73. The van der Waals surface area contributed by atoms with Crippen LogP contribution in [0.4, 0.5) is 10.1 Å². The highest BCUT2D eigenvalue weighted by Crippen LogP contribution is 2.15. The van der Waals surface area contributed by atoms with E-state index in [-0.39, 0.29) is 5.82 Å². The molecule has 0 saturated carbocycles. The minimum atomic E-state index is -0.223. The van der Waals surface area contributed by atoms with Gasteiger partial charge < -0.3 is 9.88 Å². The molecule has 1 aromatic heterocycles. The molecule has 20 heavy (non-hydrogen) atoms. The number of hydrogen-bond acceptors (Lipinski definition) is 2. The third-order valence-corrected chi connectivity index (χ3v) is 3.33. The third-order valence-electron chi connectivity index (χ3n) is 3.33. The smallest absolute Gasteiger partial charge is 0.125 e. The van der Waals surface area contributed by atoms with Gasteiger partial charge in [-0.1, -0.05) is 18.2 Å². The number of halogens is 1. The first kappa shape index (κ1) is 12.7. The third kappa shape index (κ3) is 2.50. The van der Waals surface area contributed by atoms with E-state index in [2.05, 4.69) is 20.9 Å². The Hall–Kier alpha value is -2.36. The summed E-state index contributed by atoms with van der Waals surface area (Å²) in [6.45, 7) is 3.52. The van der Waals surface area contributed by atoms with Crippen LogP contribution in [0.3, 0.4) is 0 Å². The maximum absolute atomic E-state index is 13.1. The van der Waals surface area contributed by atoms with Crippen molar-refractivity contribution in [3.05, 3.63) is 60.2 Å². The van der Waals surface area contributed by atoms with Crippen molar-refractivity contribution in [2.45, 2.75) is 13.5 Å². The van der Waals surface area contributed by atoms with Crippen molar-refractivity contribution in [3.8, 4) is 0 Å². The summed E-state index contributed by atoms with van der Waals surface area (Å²) in [4.78, 5) is 4.53. The van der Waals surface area contributed by atoms with Crippen LogP contribution in [-0.2, 0) is 6.54 Å². The Morgan fingerprint density at radius 3 is 2.85 bits per heavy atom. The number of anilines is 1. The second-order valence-electron chi connectivity index (χ2n) is 4.74. The van der Waals surface area contributed by atoms with E-state index < -0.39 is 0 Å². The normalized spacial score (nSPS) is 10.9. The molecule has 3 nitrogen and oxygen atoms in total. The predicted octanol–water partition coefficient (Wildman–Crippen LogP) is 3.60. The van der Waals surface area contributed by atoms with Gasteiger partial charge in [0.05, 0.1) is 11.0 Å². The number of imidazole rings is 1. The lowest BCUT2D eigenvalue weighted by Gasteiger charge is -2.09. The van der Waals surface area contributed by atoms with Crippen LogP contribution in [0.1, 0.15) is 5.82 Å².